The van der Waals surface area contributed by atoms with Crippen molar-refractivity contribution in [3.8, 4) is 0 Å². The summed E-state index contributed by atoms with van der Waals surface area (Å²) in [6, 6.07) is 11.6. The first-order valence-electron chi connectivity index (χ1n) is 7.31. The zero-order valence-electron chi connectivity index (χ0n) is 12.5. The third-order valence-corrected chi connectivity index (χ3v) is 3.81. The highest BCUT2D eigenvalue weighted by molar-refractivity contribution is 5.14. The van der Waals surface area contributed by atoms with E-state index in [4.69, 9.17) is 0 Å². The molecule has 0 aliphatic rings. The molecular formula is C16H30N2+2. The molecule has 2 atom stereocenters. The van der Waals surface area contributed by atoms with Gasteiger partial charge in [-0.25, -0.2) is 0 Å². The van der Waals surface area contributed by atoms with Crippen molar-refractivity contribution in [2.45, 2.75) is 32.7 Å². The fourth-order valence-corrected chi connectivity index (χ4v) is 2.41. The number of aryl methyl sites for hydroxylation is 1. The van der Waals surface area contributed by atoms with Gasteiger partial charge in [0.1, 0.15) is 13.1 Å². The SMILES string of the molecule is CC[NH+](CC[NH+](C)C)[C@@H](C)CCc1ccccc1. The second kappa shape index (κ2) is 8.28. The first-order valence-corrected chi connectivity index (χ1v) is 7.31. The molecule has 0 aromatic heterocycles. The van der Waals surface area contributed by atoms with Crippen LogP contribution in [0, 0.1) is 0 Å². The van der Waals surface area contributed by atoms with Crippen LogP contribution in [0.25, 0.3) is 0 Å². The Balaban J connectivity index is 2.35. The molecule has 1 aromatic rings. The van der Waals surface area contributed by atoms with Gasteiger partial charge in [0.05, 0.1) is 26.7 Å². The van der Waals surface area contributed by atoms with Crippen molar-refractivity contribution >= 4 is 0 Å². The number of nitrogens with one attached hydrogen (secondary N) is 2. The molecule has 18 heavy (non-hydrogen) atoms. The van der Waals surface area contributed by atoms with Crippen LogP contribution in [-0.2, 0) is 6.42 Å². The molecule has 0 saturated heterocycles. The summed E-state index contributed by atoms with van der Waals surface area (Å²) >= 11 is 0. The Labute approximate surface area is 113 Å². The number of rotatable bonds is 8. The van der Waals surface area contributed by atoms with E-state index < -0.39 is 0 Å². The van der Waals surface area contributed by atoms with Gasteiger partial charge < -0.3 is 9.80 Å². The first-order chi connectivity index (χ1) is 8.63. The summed E-state index contributed by atoms with van der Waals surface area (Å²) in [7, 11) is 4.48. The molecule has 0 aliphatic heterocycles. The molecule has 0 heterocycles. The van der Waals surface area contributed by atoms with Crippen molar-refractivity contribution in [3.05, 3.63) is 35.9 Å². The minimum Gasteiger partial charge on any atom is -0.335 e. The molecule has 102 valence electrons. The summed E-state index contributed by atoms with van der Waals surface area (Å²) < 4.78 is 0. The highest BCUT2D eigenvalue weighted by Crippen LogP contribution is 2.03. The molecule has 2 N–H and O–H groups in total. The van der Waals surface area contributed by atoms with Crippen LogP contribution >= 0.6 is 0 Å². The first kappa shape index (κ1) is 15.2. The predicted molar refractivity (Wildman–Crippen MR) is 78.3 cm³/mol. The lowest BCUT2D eigenvalue weighted by Crippen LogP contribution is -3.20. The van der Waals surface area contributed by atoms with Gasteiger partial charge in [-0.05, 0) is 25.8 Å². The summed E-state index contributed by atoms with van der Waals surface area (Å²) in [5.74, 6) is 0. The van der Waals surface area contributed by atoms with Gasteiger partial charge in [0.25, 0.3) is 0 Å². The Morgan fingerprint density at radius 2 is 1.72 bits per heavy atom. The number of benzene rings is 1. The minimum atomic E-state index is 0.759. The normalized spacial score (nSPS) is 14.7. The lowest BCUT2D eigenvalue weighted by Gasteiger charge is -2.25. The average Bonchev–Trinajstić information content (AvgIpc) is 2.38. The van der Waals surface area contributed by atoms with E-state index in [1.807, 2.05) is 0 Å². The monoisotopic (exact) mass is 250 g/mol. The maximum atomic E-state index is 2.40. The topological polar surface area (TPSA) is 8.88 Å². The molecular weight excluding hydrogens is 220 g/mol. The molecule has 0 bridgehead atoms. The summed E-state index contributed by atoms with van der Waals surface area (Å²) in [6.45, 7) is 8.49. The number of likely N-dealkylation sites (N-methyl/N-ethyl adjacent to an activating group) is 2. The lowest BCUT2D eigenvalue weighted by molar-refractivity contribution is -0.956. The molecule has 0 fully saturated rings. The number of hydrogen-bond donors (Lipinski definition) is 2. The molecule has 1 unspecified atom stereocenters. The van der Waals surface area contributed by atoms with E-state index in [9.17, 15) is 0 Å². The van der Waals surface area contributed by atoms with Crippen molar-refractivity contribution in [3.63, 3.8) is 0 Å². The predicted octanol–water partition coefficient (Wildman–Crippen LogP) is 0.0570. The zero-order chi connectivity index (χ0) is 13.4. The quantitative estimate of drug-likeness (QED) is 0.645. The highest BCUT2D eigenvalue weighted by atomic mass is 15.2. The molecule has 2 nitrogen and oxygen atoms in total. The zero-order valence-corrected chi connectivity index (χ0v) is 12.5. The van der Waals surface area contributed by atoms with Gasteiger partial charge in [-0.2, -0.15) is 0 Å². The van der Waals surface area contributed by atoms with Crippen LogP contribution in [-0.4, -0.2) is 39.8 Å². The molecule has 0 spiro atoms. The molecule has 2 heteroatoms. The standard InChI is InChI=1S/C16H28N2/c1-5-18(14-13-17(3)4)15(2)11-12-16-9-7-6-8-10-16/h6-10,15H,5,11-14H2,1-4H3/p+2/t15-/m0/s1. The Kier molecular flexibility index (Phi) is 6.99. The maximum absolute atomic E-state index is 2.40. The Bertz CT molecular complexity index is 308. The second-order valence-electron chi connectivity index (χ2n) is 5.64. The van der Waals surface area contributed by atoms with Crippen LogP contribution in [0.4, 0.5) is 0 Å². The van der Waals surface area contributed by atoms with E-state index in [1.165, 1.54) is 38.0 Å². The van der Waals surface area contributed by atoms with E-state index >= 15 is 0 Å². The van der Waals surface area contributed by atoms with Gasteiger partial charge in [-0.3, -0.25) is 0 Å². The van der Waals surface area contributed by atoms with Gasteiger partial charge in [0.2, 0.25) is 0 Å². The summed E-state index contributed by atoms with van der Waals surface area (Å²) in [5.41, 5.74) is 1.47. The van der Waals surface area contributed by atoms with Gasteiger partial charge in [-0.1, -0.05) is 30.3 Å². The molecule has 0 radical (unpaired) electrons. The van der Waals surface area contributed by atoms with Crippen molar-refractivity contribution < 1.29 is 9.80 Å². The third-order valence-electron chi connectivity index (χ3n) is 3.81. The summed E-state index contributed by atoms with van der Waals surface area (Å²) in [5, 5.41) is 0. The maximum Gasteiger partial charge on any atom is 0.127 e. The largest absolute Gasteiger partial charge is 0.335 e. The summed E-state index contributed by atoms with van der Waals surface area (Å²) in [6.07, 6.45) is 2.50. The smallest absolute Gasteiger partial charge is 0.127 e. The fourth-order valence-electron chi connectivity index (χ4n) is 2.41. The number of quaternary nitrogens is 2. The van der Waals surface area contributed by atoms with Crippen LogP contribution in [0.3, 0.4) is 0 Å². The molecule has 0 saturated carbocycles. The highest BCUT2D eigenvalue weighted by Gasteiger charge is 2.16. The van der Waals surface area contributed by atoms with E-state index in [1.54, 1.807) is 9.80 Å². The van der Waals surface area contributed by atoms with E-state index in [0.29, 0.717) is 0 Å². The van der Waals surface area contributed by atoms with Gasteiger partial charge >= 0.3 is 0 Å². The van der Waals surface area contributed by atoms with Crippen LogP contribution in [0.2, 0.25) is 0 Å². The molecule has 1 rings (SSSR count). The van der Waals surface area contributed by atoms with Crippen LogP contribution < -0.4 is 9.80 Å². The van der Waals surface area contributed by atoms with Crippen LogP contribution in [0.15, 0.2) is 30.3 Å². The molecule has 0 amide bonds. The van der Waals surface area contributed by atoms with E-state index in [-0.39, 0.29) is 0 Å². The van der Waals surface area contributed by atoms with Crippen molar-refractivity contribution in [1.82, 2.24) is 0 Å². The average molecular weight is 250 g/mol. The van der Waals surface area contributed by atoms with Crippen molar-refractivity contribution in [2.24, 2.45) is 0 Å². The fraction of sp³-hybridized carbons (Fsp3) is 0.625. The summed E-state index contributed by atoms with van der Waals surface area (Å²) in [4.78, 5) is 3.29. The van der Waals surface area contributed by atoms with Gasteiger partial charge in [0, 0.05) is 6.42 Å². The Hall–Kier alpha value is -0.860. The minimum absolute atomic E-state index is 0.759. The lowest BCUT2D eigenvalue weighted by atomic mass is 10.1. The van der Waals surface area contributed by atoms with Crippen LogP contribution in [0.5, 0.6) is 0 Å². The third kappa shape index (κ3) is 5.65. The van der Waals surface area contributed by atoms with E-state index in [2.05, 4.69) is 58.3 Å². The Morgan fingerprint density at radius 1 is 1.06 bits per heavy atom. The van der Waals surface area contributed by atoms with Crippen LogP contribution in [0.1, 0.15) is 25.8 Å². The Morgan fingerprint density at radius 3 is 2.28 bits per heavy atom. The van der Waals surface area contributed by atoms with Crippen molar-refractivity contribution in [1.29, 1.82) is 0 Å². The molecule has 1 aromatic carbocycles. The second-order valence-corrected chi connectivity index (χ2v) is 5.64. The van der Waals surface area contributed by atoms with Gasteiger partial charge in [-0.15, -0.1) is 0 Å². The molecule has 0 aliphatic carbocycles. The van der Waals surface area contributed by atoms with E-state index in [0.717, 1.165) is 6.04 Å². The van der Waals surface area contributed by atoms with Crippen molar-refractivity contribution in [2.75, 3.05) is 33.7 Å². The van der Waals surface area contributed by atoms with Gasteiger partial charge in [0.15, 0.2) is 0 Å². The number of hydrogen-bond acceptors (Lipinski definition) is 0.